The zero-order chi connectivity index (χ0) is 17.2. The molecular weight excluding hydrogens is 338 g/mol. The summed E-state index contributed by atoms with van der Waals surface area (Å²) in [6, 6.07) is 0. The molecule has 0 atom stereocenters. The monoisotopic (exact) mass is 359 g/mol. The van der Waals surface area contributed by atoms with Crippen LogP contribution < -0.4 is 4.72 Å². The van der Waals surface area contributed by atoms with E-state index < -0.39 is 10.0 Å². The van der Waals surface area contributed by atoms with Gasteiger partial charge in [-0.2, -0.15) is 10.2 Å². The van der Waals surface area contributed by atoms with Crippen LogP contribution in [0.1, 0.15) is 30.4 Å². The van der Waals surface area contributed by atoms with Crippen molar-refractivity contribution in [2.24, 2.45) is 0 Å². The van der Waals surface area contributed by atoms with Crippen LogP contribution in [0.4, 0.5) is 0 Å². The molecule has 0 radical (unpaired) electrons. The van der Waals surface area contributed by atoms with Gasteiger partial charge < -0.3 is 0 Å². The molecule has 0 aliphatic carbocycles. The van der Waals surface area contributed by atoms with Gasteiger partial charge in [0.15, 0.2) is 0 Å². The van der Waals surface area contributed by atoms with Crippen molar-refractivity contribution in [3.8, 4) is 0 Å². The minimum Gasteiger partial charge on any atom is -0.269 e. The lowest BCUT2D eigenvalue weighted by Gasteiger charge is -2.08. The normalized spacial score (nSPS) is 12.0. The van der Waals surface area contributed by atoms with E-state index in [-0.39, 0.29) is 4.90 Å². The first-order valence-corrected chi connectivity index (χ1v) is 9.35. The summed E-state index contributed by atoms with van der Waals surface area (Å²) in [5.74, 6) is 0. The molecule has 2 aromatic heterocycles. The predicted molar refractivity (Wildman–Crippen MR) is 89.2 cm³/mol. The summed E-state index contributed by atoms with van der Waals surface area (Å²) in [4.78, 5) is 0.230. The highest BCUT2D eigenvalue weighted by Gasteiger charge is 2.20. The van der Waals surface area contributed by atoms with Crippen LogP contribution >= 0.6 is 11.6 Å². The van der Waals surface area contributed by atoms with Crippen molar-refractivity contribution in [1.29, 1.82) is 0 Å². The standard InChI is InChI=1S/C14H22ClN5O2S/c1-5-19-11(3)13(9-16-19)23(21,22)17-7-6-8-20-12(4)14(15)10(2)18-20/h9,17H,5-8H2,1-4H3. The zero-order valence-electron chi connectivity index (χ0n) is 13.8. The number of rotatable bonds is 7. The average molecular weight is 360 g/mol. The molecule has 2 rings (SSSR count). The first-order chi connectivity index (χ1) is 10.8. The van der Waals surface area contributed by atoms with Crippen LogP contribution in [-0.2, 0) is 23.1 Å². The lowest BCUT2D eigenvalue weighted by Crippen LogP contribution is -2.26. The summed E-state index contributed by atoms with van der Waals surface area (Å²) >= 11 is 6.09. The summed E-state index contributed by atoms with van der Waals surface area (Å²) in [6.07, 6.45) is 2.01. The van der Waals surface area contributed by atoms with Gasteiger partial charge in [-0.15, -0.1) is 0 Å². The van der Waals surface area contributed by atoms with Crippen LogP contribution in [0.2, 0.25) is 5.02 Å². The topological polar surface area (TPSA) is 81.8 Å². The third kappa shape index (κ3) is 3.76. The molecule has 7 nitrogen and oxygen atoms in total. The third-order valence-electron chi connectivity index (χ3n) is 3.78. The number of nitrogens with one attached hydrogen (secondary N) is 1. The molecule has 2 aromatic rings. The highest BCUT2D eigenvalue weighted by Crippen LogP contribution is 2.19. The molecule has 0 unspecified atom stereocenters. The van der Waals surface area contributed by atoms with Crippen LogP contribution in [0.15, 0.2) is 11.1 Å². The van der Waals surface area contributed by atoms with Crippen molar-refractivity contribution >= 4 is 21.6 Å². The van der Waals surface area contributed by atoms with E-state index in [1.165, 1.54) is 6.20 Å². The number of nitrogens with zero attached hydrogens (tertiary/aromatic N) is 4. The summed E-state index contributed by atoms with van der Waals surface area (Å²) in [7, 11) is -3.54. The van der Waals surface area contributed by atoms with Gasteiger partial charge >= 0.3 is 0 Å². The van der Waals surface area contributed by atoms with E-state index in [1.54, 1.807) is 16.3 Å². The Kier molecular flexibility index (Phi) is 5.49. The molecule has 0 amide bonds. The molecule has 0 bridgehead atoms. The summed E-state index contributed by atoms with van der Waals surface area (Å²) in [6.45, 7) is 8.99. The highest BCUT2D eigenvalue weighted by molar-refractivity contribution is 7.89. The Hall–Kier alpha value is -1.38. The first-order valence-electron chi connectivity index (χ1n) is 7.49. The van der Waals surface area contributed by atoms with E-state index in [4.69, 9.17) is 11.6 Å². The van der Waals surface area contributed by atoms with E-state index in [1.807, 2.05) is 20.8 Å². The number of halogens is 1. The van der Waals surface area contributed by atoms with Gasteiger partial charge in [-0.05, 0) is 34.1 Å². The van der Waals surface area contributed by atoms with Gasteiger partial charge in [0.25, 0.3) is 0 Å². The molecule has 0 aliphatic rings. The Balaban J connectivity index is 1.95. The summed E-state index contributed by atoms with van der Waals surface area (Å²) in [5, 5.41) is 9.05. The van der Waals surface area contributed by atoms with E-state index in [2.05, 4.69) is 14.9 Å². The fourth-order valence-corrected chi connectivity index (χ4v) is 3.80. The Labute approximate surface area is 141 Å². The largest absolute Gasteiger partial charge is 0.269 e. The maximum atomic E-state index is 12.3. The van der Waals surface area contributed by atoms with E-state index in [0.29, 0.717) is 36.8 Å². The van der Waals surface area contributed by atoms with E-state index >= 15 is 0 Å². The van der Waals surface area contributed by atoms with E-state index in [0.717, 1.165) is 11.4 Å². The first kappa shape index (κ1) is 18.0. The van der Waals surface area contributed by atoms with E-state index in [9.17, 15) is 8.42 Å². The predicted octanol–water partition coefficient (Wildman–Crippen LogP) is 2.05. The number of sulfonamides is 1. The van der Waals surface area contributed by atoms with Gasteiger partial charge in [0.1, 0.15) is 4.90 Å². The minimum absolute atomic E-state index is 0.230. The quantitative estimate of drug-likeness (QED) is 0.767. The zero-order valence-corrected chi connectivity index (χ0v) is 15.4. The Morgan fingerprint density at radius 1 is 1.22 bits per heavy atom. The van der Waals surface area contributed by atoms with Crippen LogP contribution in [0.3, 0.4) is 0 Å². The van der Waals surface area contributed by atoms with Crippen molar-refractivity contribution in [1.82, 2.24) is 24.3 Å². The van der Waals surface area contributed by atoms with Crippen molar-refractivity contribution in [3.05, 3.63) is 28.3 Å². The fraction of sp³-hybridized carbons (Fsp3) is 0.571. The van der Waals surface area contributed by atoms with Gasteiger partial charge in [-0.1, -0.05) is 11.6 Å². The van der Waals surface area contributed by atoms with Crippen LogP contribution in [0.25, 0.3) is 0 Å². The van der Waals surface area contributed by atoms with Crippen molar-refractivity contribution in [2.75, 3.05) is 6.54 Å². The molecule has 0 saturated carbocycles. The van der Waals surface area contributed by atoms with Gasteiger partial charge in [0, 0.05) is 19.6 Å². The molecule has 0 saturated heterocycles. The van der Waals surface area contributed by atoms with Gasteiger partial charge in [0.2, 0.25) is 10.0 Å². The highest BCUT2D eigenvalue weighted by atomic mass is 35.5. The number of hydrogen-bond acceptors (Lipinski definition) is 4. The maximum absolute atomic E-state index is 12.3. The second-order valence-electron chi connectivity index (χ2n) is 5.37. The van der Waals surface area contributed by atoms with Crippen molar-refractivity contribution in [2.45, 2.75) is 52.1 Å². The fourth-order valence-electron chi connectivity index (χ4n) is 2.42. The van der Waals surface area contributed by atoms with Crippen LogP contribution in [0, 0.1) is 20.8 Å². The number of hydrogen-bond donors (Lipinski definition) is 1. The molecule has 1 N–H and O–H groups in total. The second-order valence-corrected chi connectivity index (χ2v) is 7.48. The molecule has 0 spiro atoms. The summed E-state index contributed by atoms with van der Waals surface area (Å²) < 4.78 is 30.7. The average Bonchev–Trinajstić information content (AvgIpc) is 2.99. The van der Waals surface area contributed by atoms with Gasteiger partial charge in [-0.3, -0.25) is 9.36 Å². The molecule has 9 heteroatoms. The smallest absolute Gasteiger partial charge is 0.243 e. The maximum Gasteiger partial charge on any atom is 0.243 e. The molecule has 0 aromatic carbocycles. The Morgan fingerprint density at radius 3 is 2.43 bits per heavy atom. The van der Waals surface area contributed by atoms with Crippen LogP contribution in [0.5, 0.6) is 0 Å². The lowest BCUT2D eigenvalue weighted by atomic mass is 10.4. The molecule has 128 valence electrons. The minimum atomic E-state index is -3.54. The molecule has 2 heterocycles. The van der Waals surface area contributed by atoms with Crippen LogP contribution in [-0.4, -0.2) is 34.5 Å². The lowest BCUT2D eigenvalue weighted by molar-refractivity contribution is 0.543. The number of aryl methyl sites for hydroxylation is 3. The SMILES string of the molecule is CCn1ncc(S(=O)(=O)NCCCn2nc(C)c(Cl)c2C)c1C. The number of aromatic nitrogens is 4. The van der Waals surface area contributed by atoms with Crippen molar-refractivity contribution in [3.63, 3.8) is 0 Å². The third-order valence-corrected chi connectivity index (χ3v) is 5.89. The second kappa shape index (κ2) is 7.02. The Bertz CT molecular complexity index is 794. The van der Waals surface area contributed by atoms with Gasteiger partial charge in [-0.25, -0.2) is 13.1 Å². The molecule has 23 heavy (non-hydrogen) atoms. The Morgan fingerprint density at radius 2 is 1.91 bits per heavy atom. The molecule has 0 fully saturated rings. The summed E-state index contributed by atoms with van der Waals surface area (Å²) in [5.41, 5.74) is 2.32. The molecule has 0 aliphatic heterocycles. The molecular formula is C14H22ClN5O2S. The van der Waals surface area contributed by atoms with Crippen molar-refractivity contribution < 1.29 is 8.42 Å². The van der Waals surface area contributed by atoms with Gasteiger partial charge in [0.05, 0.1) is 28.3 Å².